The lowest BCUT2D eigenvalue weighted by molar-refractivity contribution is 0.457. The summed E-state index contributed by atoms with van der Waals surface area (Å²) in [6.07, 6.45) is 0. The lowest BCUT2D eigenvalue weighted by Crippen LogP contribution is -2.37. The highest BCUT2D eigenvalue weighted by atomic mass is 35.5. The maximum atomic E-state index is 6.20. The molecule has 20 heavy (non-hydrogen) atoms. The molecule has 0 unspecified atom stereocenters. The molecule has 0 saturated carbocycles. The minimum atomic E-state index is 0.448. The van der Waals surface area contributed by atoms with Crippen LogP contribution in [0.15, 0.2) is 23.2 Å². The second-order valence-corrected chi connectivity index (χ2v) is 4.95. The van der Waals surface area contributed by atoms with Crippen LogP contribution in [-0.2, 0) is 13.6 Å². The Balaban J connectivity index is 2.29. The van der Waals surface area contributed by atoms with Gasteiger partial charge in [-0.25, -0.2) is 9.98 Å². The summed E-state index contributed by atoms with van der Waals surface area (Å²) in [6.45, 7) is 6.26. The van der Waals surface area contributed by atoms with E-state index in [1.54, 1.807) is 0 Å². The van der Waals surface area contributed by atoms with Crippen molar-refractivity contribution in [2.75, 3.05) is 13.1 Å². The number of halogens is 1. The fourth-order valence-electron chi connectivity index (χ4n) is 2.21. The van der Waals surface area contributed by atoms with E-state index in [1.807, 2.05) is 34.7 Å². The number of hydrogen-bond acceptors (Lipinski definition) is 2. The zero-order chi connectivity index (χ0) is 14.7. The molecular weight excluding hydrogens is 274 g/mol. The Morgan fingerprint density at radius 1 is 1.40 bits per heavy atom. The largest absolute Gasteiger partial charge is 0.370 e. The number of rotatable bonds is 4. The molecule has 0 radical (unpaired) electrons. The van der Waals surface area contributed by atoms with Gasteiger partial charge in [-0.15, -0.1) is 0 Å². The molecule has 0 aliphatic carbocycles. The smallest absolute Gasteiger partial charge is 0.191 e. The highest BCUT2D eigenvalue weighted by molar-refractivity contribution is 6.35. The first-order chi connectivity index (χ1) is 9.58. The number of hydrogen-bond donors (Lipinski definition) is 1. The van der Waals surface area contributed by atoms with Crippen LogP contribution in [-0.4, -0.2) is 33.5 Å². The van der Waals surface area contributed by atoms with Gasteiger partial charge >= 0.3 is 0 Å². The van der Waals surface area contributed by atoms with E-state index in [2.05, 4.69) is 23.8 Å². The standard InChI is InChI=1S/C14H20ClN5/c1-4-20(5-2)14(16)17-9-12-18-11-8-6-7-10(15)13(11)19(12)3/h6-8H,4-5,9H2,1-3H3,(H2,16,17). The molecule has 108 valence electrons. The number of fused-ring (bicyclic) bond motifs is 1. The van der Waals surface area contributed by atoms with Crippen LogP contribution >= 0.6 is 11.6 Å². The van der Waals surface area contributed by atoms with E-state index in [4.69, 9.17) is 17.3 Å². The Bertz CT molecular complexity index is 628. The number of aryl methyl sites for hydroxylation is 1. The number of nitrogens with two attached hydrogens (primary N) is 1. The van der Waals surface area contributed by atoms with Gasteiger partial charge in [-0.3, -0.25) is 0 Å². The van der Waals surface area contributed by atoms with Gasteiger partial charge in [0, 0.05) is 20.1 Å². The van der Waals surface area contributed by atoms with Crippen LogP contribution in [0.3, 0.4) is 0 Å². The number of benzene rings is 1. The van der Waals surface area contributed by atoms with Crippen molar-refractivity contribution in [3.05, 3.63) is 29.0 Å². The lowest BCUT2D eigenvalue weighted by Gasteiger charge is -2.19. The first kappa shape index (κ1) is 14.7. The molecule has 0 aliphatic heterocycles. The van der Waals surface area contributed by atoms with E-state index in [0.717, 1.165) is 29.9 Å². The van der Waals surface area contributed by atoms with Crippen LogP contribution in [0.2, 0.25) is 5.02 Å². The predicted octanol–water partition coefficient (Wildman–Crippen LogP) is 2.38. The maximum Gasteiger partial charge on any atom is 0.191 e. The molecule has 1 aromatic heterocycles. The van der Waals surface area contributed by atoms with E-state index in [0.29, 0.717) is 17.5 Å². The van der Waals surface area contributed by atoms with Crippen molar-refractivity contribution in [2.45, 2.75) is 20.4 Å². The molecule has 0 aliphatic rings. The number of aromatic nitrogens is 2. The van der Waals surface area contributed by atoms with E-state index in [-0.39, 0.29) is 0 Å². The number of guanidine groups is 1. The molecule has 0 atom stereocenters. The quantitative estimate of drug-likeness (QED) is 0.695. The monoisotopic (exact) mass is 293 g/mol. The molecule has 0 bridgehead atoms. The van der Waals surface area contributed by atoms with Crippen LogP contribution in [0.25, 0.3) is 11.0 Å². The van der Waals surface area contributed by atoms with Crippen molar-refractivity contribution < 1.29 is 0 Å². The van der Waals surface area contributed by atoms with E-state index in [1.165, 1.54) is 0 Å². The maximum absolute atomic E-state index is 6.20. The van der Waals surface area contributed by atoms with Gasteiger partial charge in [0.25, 0.3) is 0 Å². The van der Waals surface area contributed by atoms with Crippen molar-refractivity contribution in [1.82, 2.24) is 14.5 Å². The van der Waals surface area contributed by atoms with Gasteiger partial charge in [0.2, 0.25) is 0 Å². The third kappa shape index (κ3) is 2.72. The van der Waals surface area contributed by atoms with Gasteiger partial charge in [-0.1, -0.05) is 17.7 Å². The Labute approximate surface area is 124 Å². The molecule has 1 aromatic carbocycles. The second-order valence-electron chi connectivity index (χ2n) is 4.54. The first-order valence-corrected chi connectivity index (χ1v) is 7.10. The summed E-state index contributed by atoms with van der Waals surface area (Å²) < 4.78 is 1.97. The minimum Gasteiger partial charge on any atom is -0.370 e. The van der Waals surface area contributed by atoms with Crippen molar-refractivity contribution in [3.63, 3.8) is 0 Å². The molecule has 1 heterocycles. The highest BCUT2D eigenvalue weighted by Gasteiger charge is 2.10. The average molecular weight is 294 g/mol. The summed E-state index contributed by atoms with van der Waals surface area (Å²) in [5.74, 6) is 1.40. The van der Waals surface area contributed by atoms with Crippen molar-refractivity contribution in [3.8, 4) is 0 Å². The van der Waals surface area contributed by atoms with Crippen LogP contribution in [0.5, 0.6) is 0 Å². The highest BCUT2D eigenvalue weighted by Crippen LogP contribution is 2.23. The summed E-state index contributed by atoms with van der Waals surface area (Å²) in [5, 5.41) is 0.699. The topological polar surface area (TPSA) is 59.4 Å². The molecule has 0 spiro atoms. The van der Waals surface area contributed by atoms with Crippen LogP contribution in [0.4, 0.5) is 0 Å². The predicted molar refractivity (Wildman–Crippen MR) is 84.0 cm³/mol. The Morgan fingerprint density at radius 3 is 2.70 bits per heavy atom. The Morgan fingerprint density at radius 2 is 2.10 bits per heavy atom. The van der Waals surface area contributed by atoms with Gasteiger partial charge in [0.15, 0.2) is 5.96 Å². The van der Waals surface area contributed by atoms with Crippen molar-refractivity contribution in [1.29, 1.82) is 0 Å². The molecule has 2 N–H and O–H groups in total. The third-order valence-electron chi connectivity index (χ3n) is 3.41. The van der Waals surface area contributed by atoms with Gasteiger partial charge < -0.3 is 15.2 Å². The van der Waals surface area contributed by atoms with E-state index < -0.39 is 0 Å². The summed E-state index contributed by atoms with van der Waals surface area (Å²) >= 11 is 6.20. The average Bonchev–Trinajstić information content (AvgIpc) is 2.76. The van der Waals surface area contributed by atoms with Crippen molar-refractivity contribution in [2.24, 2.45) is 17.8 Å². The Hall–Kier alpha value is -1.75. The summed E-state index contributed by atoms with van der Waals surface area (Å²) in [6, 6.07) is 5.71. The van der Waals surface area contributed by atoms with Gasteiger partial charge in [0.05, 0.1) is 16.1 Å². The molecule has 5 nitrogen and oxygen atoms in total. The molecular formula is C14H20ClN5. The van der Waals surface area contributed by atoms with E-state index >= 15 is 0 Å². The fraction of sp³-hybridized carbons (Fsp3) is 0.429. The Kier molecular flexibility index (Phi) is 4.49. The number of nitrogens with zero attached hydrogens (tertiary/aromatic N) is 4. The molecule has 0 amide bonds. The van der Waals surface area contributed by atoms with Gasteiger partial charge in [-0.2, -0.15) is 0 Å². The molecule has 0 saturated heterocycles. The second kappa shape index (κ2) is 6.13. The summed E-state index contributed by atoms with van der Waals surface area (Å²) in [5.41, 5.74) is 7.79. The molecule has 2 rings (SSSR count). The normalized spacial score (nSPS) is 12.1. The molecule has 0 fully saturated rings. The number of para-hydroxylation sites is 1. The molecule has 6 heteroatoms. The van der Waals surface area contributed by atoms with E-state index in [9.17, 15) is 0 Å². The fourth-order valence-corrected chi connectivity index (χ4v) is 2.51. The van der Waals surface area contributed by atoms with Crippen LogP contribution < -0.4 is 5.73 Å². The van der Waals surface area contributed by atoms with Crippen LogP contribution in [0, 0.1) is 0 Å². The third-order valence-corrected chi connectivity index (χ3v) is 3.71. The number of aliphatic imine (C=N–C) groups is 1. The van der Waals surface area contributed by atoms with Gasteiger partial charge in [-0.05, 0) is 26.0 Å². The lowest BCUT2D eigenvalue weighted by atomic mass is 10.3. The number of imidazole rings is 1. The molecule has 2 aromatic rings. The zero-order valence-corrected chi connectivity index (χ0v) is 12.9. The minimum absolute atomic E-state index is 0.448. The first-order valence-electron chi connectivity index (χ1n) is 6.73. The zero-order valence-electron chi connectivity index (χ0n) is 12.1. The van der Waals surface area contributed by atoms with Crippen LogP contribution in [0.1, 0.15) is 19.7 Å². The SMILES string of the molecule is CCN(CC)C(N)=NCc1nc2cccc(Cl)c2n1C. The van der Waals surface area contributed by atoms with Gasteiger partial charge in [0.1, 0.15) is 12.4 Å². The van der Waals surface area contributed by atoms with Crippen molar-refractivity contribution >= 4 is 28.6 Å². The summed E-state index contributed by atoms with van der Waals surface area (Å²) in [4.78, 5) is 11.0. The summed E-state index contributed by atoms with van der Waals surface area (Å²) in [7, 11) is 1.94.